The van der Waals surface area contributed by atoms with Gasteiger partial charge in [-0.1, -0.05) is 13.8 Å². The van der Waals surface area contributed by atoms with Gasteiger partial charge in [-0.2, -0.15) is 11.8 Å². The van der Waals surface area contributed by atoms with E-state index in [4.69, 9.17) is 0 Å². The quantitative estimate of drug-likeness (QED) is 0.893. The van der Waals surface area contributed by atoms with Crippen LogP contribution in [-0.4, -0.2) is 33.7 Å². The van der Waals surface area contributed by atoms with Crippen molar-refractivity contribution in [2.75, 3.05) is 23.7 Å². The van der Waals surface area contributed by atoms with Crippen molar-refractivity contribution >= 4 is 17.4 Å². The molecule has 1 saturated heterocycles. The van der Waals surface area contributed by atoms with Gasteiger partial charge in [-0.05, 0) is 25.5 Å². The first kappa shape index (κ1) is 13.7. The Morgan fingerprint density at radius 3 is 2.78 bits per heavy atom. The number of thioether (sulfide) groups is 1. The fraction of sp³-hybridized carbons (Fsp3) is 0.643. The highest BCUT2D eigenvalue weighted by molar-refractivity contribution is 8.00. The Morgan fingerprint density at radius 2 is 2.17 bits per heavy atom. The van der Waals surface area contributed by atoms with Crippen molar-refractivity contribution in [2.24, 2.45) is 0 Å². The summed E-state index contributed by atoms with van der Waals surface area (Å²) < 4.78 is 0.377. The van der Waals surface area contributed by atoms with Crippen molar-refractivity contribution < 1.29 is 5.11 Å². The van der Waals surface area contributed by atoms with Gasteiger partial charge in [0.25, 0.3) is 0 Å². The van der Waals surface area contributed by atoms with Crippen LogP contribution in [0.15, 0.2) is 18.3 Å². The molecule has 0 aromatic carbocycles. The Morgan fingerprint density at radius 1 is 1.39 bits per heavy atom. The van der Waals surface area contributed by atoms with Crippen LogP contribution in [-0.2, 0) is 0 Å². The van der Waals surface area contributed by atoms with Crippen LogP contribution in [0.25, 0.3) is 0 Å². The lowest BCUT2D eigenvalue weighted by Gasteiger charge is -2.24. The molecule has 1 fully saturated rings. The summed E-state index contributed by atoms with van der Waals surface area (Å²) in [5.41, 5.74) is 1.90. The summed E-state index contributed by atoms with van der Waals surface area (Å²) in [7, 11) is 0. The van der Waals surface area contributed by atoms with Gasteiger partial charge >= 0.3 is 0 Å². The molecular formula is C14H22N2OS. The summed E-state index contributed by atoms with van der Waals surface area (Å²) in [5.74, 6) is 1.16. The largest absolute Gasteiger partial charge is 0.387 e. The van der Waals surface area contributed by atoms with E-state index in [1.165, 1.54) is 6.42 Å². The van der Waals surface area contributed by atoms with Crippen molar-refractivity contribution in [3.05, 3.63) is 24.0 Å². The van der Waals surface area contributed by atoms with E-state index in [0.717, 1.165) is 30.2 Å². The van der Waals surface area contributed by atoms with Gasteiger partial charge in [0, 0.05) is 23.6 Å². The molecule has 0 spiro atoms. The van der Waals surface area contributed by atoms with Gasteiger partial charge in [-0.15, -0.1) is 0 Å². The number of nitrogens with zero attached hydrogens (tertiary/aromatic N) is 2. The van der Waals surface area contributed by atoms with Crippen LogP contribution in [0.1, 0.15) is 39.0 Å². The van der Waals surface area contributed by atoms with Crippen LogP contribution in [0.4, 0.5) is 5.69 Å². The van der Waals surface area contributed by atoms with Gasteiger partial charge in [0.05, 0.1) is 23.7 Å². The van der Waals surface area contributed by atoms with Gasteiger partial charge in [0.15, 0.2) is 0 Å². The third-order valence-electron chi connectivity index (χ3n) is 3.40. The first-order chi connectivity index (χ1) is 8.48. The van der Waals surface area contributed by atoms with E-state index in [-0.39, 0.29) is 0 Å². The number of aromatic nitrogens is 1. The normalized spacial score (nSPS) is 21.4. The molecule has 2 rings (SSSR count). The number of anilines is 1. The highest BCUT2D eigenvalue weighted by Gasteiger charge is 2.23. The topological polar surface area (TPSA) is 36.4 Å². The molecule has 1 aliphatic rings. The van der Waals surface area contributed by atoms with E-state index in [9.17, 15) is 5.11 Å². The molecule has 0 radical (unpaired) electrons. The second-order valence-corrected chi connectivity index (χ2v) is 7.26. The Balaban J connectivity index is 2.07. The monoisotopic (exact) mass is 266 g/mol. The zero-order valence-electron chi connectivity index (χ0n) is 11.4. The Hall–Kier alpha value is -0.740. The molecule has 1 aromatic heterocycles. The lowest BCUT2D eigenvalue weighted by atomic mass is 10.1. The van der Waals surface area contributed by atoms with E-state index in [2.05, 4.69) is 29.8 Å². The SMILES string of the molecule is CC(O)c1ccc(N2CCSC(C)(C)CC2)cn1. The molecule has 1 aromatic rings. The maximum absolute atomic E-state index is 9.46. The van der Waals surface area contributed by atoms with Crippen LogP contribution >= 0.6 is 11.8 Å². The number of pyridine rings is 1. The van der Waals surface area contributed by atoms with Gasteiger partial charge in [0.2, 0.25) is 0 Å². The minimum atomic E-state index is -0.488. The van der Waals surface area contributed by atoms with Crippen molar-refractivity contribution in [1.29, 1.82) is 0 Å². The van der Waals surface area contributed by atoms with E-state index >= 15 is 0 Å². The highest BCUT2D eigenvalue weighted by Crippen LogP contribution is 2.32. The van der Waals surface area contributed by atoms with Crippen LogP contribution in [0.3, 0.4) is 0 Å². The van der Waals surface area contributed by atoms with E-state index < -0.39 is 6.10 Å². The lowest BCUT2D eigenvalue weighted by molar-refractivity contribution is 0.194. The van der Waals surface area contributed by atoms with E-state index in [1.807, 2.05) is 24.0 Å². The maximum Gasteiger partial charge on any atom is 0.0931 e. The first-order valence-electron chi connectivity index (χ1n) is 6.51. The fourth-order valence-electron chi connectivity index (χ4n) is 2.11. The van der Waals surface area contributed by atoms with Gasteiger partial charge in [-0.25, -0.2) is 0 Å². The number of hydrogen-bond donors (Lipinski definition) is 1. The molecule has 0 bridgehead atoms. The fourth-order valence-corrected chi connectivity index (χ4v) is 3.21. The Kier molecular flexibility index (Phi) is 4.17. The molecule has 3 nitrogen and oxygen atoms in total. The molecule has 18 heavy (non-hydrogen) atoms. The molecule has 1 atom stereocenters. The lowest BCUT2D eigenvalue weighted by Crippen LogP contribution is -2.27. The number of rotatable bonds is 2. The molecule has 0 aliphatic carbocycles. The van der Waals surface area contributed by atoms with Crippen molar-refractivity contribution in [1.82, 2.24) is 4.98 Å². The van der Waals surface area contributed by atoms with Crippen molar-refractivity contribution in [3.8, 4) is 0 Å². The van der Waals surface area contributed by atoms with E-state index in [1.54, 1.807) is 6.92 Å². The standard InChI is InChI=1S/C14H22N2OS/c1-11(17)13-5-4-12(10-15-13)16-7-6-14(2,3)18-9-8-16/h4-5,10-11,17H,6-9H2,1-3H3. The summed E-state index contributed by atoms with van der Waals surface area (Å²) in [4.78, 5) is 6.71. The third kappa shape index (κ3) is 3.39. The van der Waals surface area contributed by atoms with Crippen LogP contribution in [0.2, 0.25) is 0 Å². The average molecular weight is 266 g/mol. The van der Waals surface area contributed by atoms with Crippen LogP contribution in [0.5, 0.6) is 0 Å². The highest BCUT2D eigenvalue weighted by atomic mass is 32.2. The van der Waals surface area contributed by atoms with Gasteiger partial charge in [-0.3, -0.25) is 4.98 Å². The summed E-state index contributed by atoms with van der Waals surface area (Å²) >= 11 is 2.05. The minimum absolute atomic E-state index is 0.377. The predicted octanol–water partition coefficient (Wildman–Crippen LogP) is 2.86. The molecule has 0 amide bonds. The van der Waals surface area contributed by atoms with Gasteiger partial charge in [0.1, 0.15) is 0 Å². The van der Waals surface area contributed by atoms with Crippen molar-refractivity contribution in [2.45, 2.75) is 38.0 Å². The summed E-state index contributed by atoms with van der Waals surface area (Å²) in [6.45, 7) is 8.53. The molecule has 4 heteroatoms. The maximum atomic E-state index is 9.46. The zero-order chi connectivity index (χ0) is 13.2. The van der Waals surface area contributed by atoms with E-state index in [0.29, 0.717) is 4.75 Å². The second-order valence-electron chi connectivity index (χ2n) is 5.46. The Bertz CT molecular complexity index is 389. The number of aliphatic hydroxyl groups excluding tert-OH is 1. The molecule has 1 aliphatic heterocycles. The minimum Gasteiger partial charge on any atom is -0.387 e. The summed E-state index contributed by atoms with van der Waals surface area (Å²) in [5, 5.41) is 9.46. The molecular weight excluding hydrogens is 244 g/mol. The summed E-state index contributed by atoms with van der Waals surface area (Å²) in [6.07, 6.45) is 2.58. The molecule has 2 heterocycles. The average Bonchev–Trinajstić information content (AvgIpc) is 2.50. The Labute approximate surface area is 114 Å². The molecule has 1 N–H and O–H groups in total. The second kappa shape index (κ2) is 5.49. The molecule has 0 saturated carbocycles. The van der Waals surface area contributed by atoms with Crippen LogP contribution in [0, 0.1) is 0 Å². The predicted molar refractivity (Wildman–Crippen MR) is 78.2 cm³/mol. The van der Waals surface area contributed by atoms with Crippen molar-refractivity contribution in [3.63, 3.8) is 0 Å². The molecule has 100 valence electrons. The zero-order valence-corrected chi connectivity index (χ0v) is 12.2. The number of aliphatic hydroxyl groups is 1. The number of hydrogen-bond acceptors (Lipinski definition) is 4. The smallest absolute Gasteiger partial charge is 0.0931 e. The summed E-state index contributed by atoms with van der Waals surface area (Å²) in [6, 6.07) is 3.99. The van der Waals surface area contributed by atoms with Crippen LogP contribution < -0.4 is 4.90 Å². The first-order valence-corrected chi connectivity index (χ1v) is 7.49. The third-order valence-corrected chi connectivity index (χ3v) is 4.77. The van der Waals surface area contributed by atoms with Gasteiger partial charge < -0.3 is 10.0 Å². The molecule has 1 unspecified atom stereocenters.